The zero-order valence-electron chi connectivity index (χ0n) is 11.5. The van der Waals surface area contributed by atoms with Crippen molar-refractivity contribution in [3.63, 3.8) is 0 Å². The molecule has 0 unspecified atom stereocenters. The molecule has 0 saturated heterocycles. The molecule has 1 fully saturated rings. The molecule has 1 rings (SSSR count). The van der Waals surface area contributed by atoms with Crippen LogP contribution in [0.1, 0.15) is 25.7 Å². The highest BCUT2D eigenvalue weighted by Gasteiger charge is 2.26. The molecule has 0 aromatic carbocycles. The molecule has 0 aliphatic heterocycles. The fourth-order valence-corrected chi connectivity index (χ4v) is 2.56. The first-order valence-electron chi connectivity index (χ1n) is 6.59. The van der Waals surface area contributed by atoms with Gasteiger partial charge < -0.3 is 15.2 Å². The number of sulfone groups is 1. The number of carbonyl (C=O) groups is 2. The highest BCUT2D eigenvalue weighted by Crippen LogP contribution is 2.28. The van der Waals surface area contributed by atoms with E-state index in [0.717, 1.165) is 19.1 Å². The molecule has 0 radical (unpaired) electrons. The molecular weight excluding hydrogens is 286 g/mol. The lowest BCUT2D eigenvalue weighted by atomic mass is 9.82. The maximum Gasteiger partial charge on any atom is 0.407 e. The van der Waals surface area contributed by atoms with E-state index in [4.69, 9.17) is 9.84 Å². The highest BCUT2D eigenvalue weighted by molar-refractivity contribution is 7.90. The van der Waals surface area contributed by atoms with E-state index in [1.54, 1.807) is 0 Å². The lowest BCUT2D eigenvalue weighted by molar-refractivity contribution is -0.143. The fourth-order valence-electron chi connectivity index (χ4n) is 2.18. The molecule has 1 amide bonds. The first-order chi connectivity index (χ1) is 9.28. The average Bonchev–Trinajstić information content (AvgIpc) is 2.35. The van der Waals surface area contributed by atoms with Crippen LogP contribution in [0.5, 0.6) is 0 Å². The summed E-state index contributed by atoms with van der Waals surface area (Å²) in [5, 5.41) is 11.4. The first-order valence-corrected chi connectivity index (χ1v) is 8.65. The summed E-state index contributed by atoms with van der Waals surface area (Å²) in [6.07, 6.45) is 3.24. The standard InChI is InChI=1S/C12H21NO6S/c1-20(17,18)7-6-19-12(16)13-8-9-2-4-10(5-3-9)11(14)15/h9-10H,2-8H2,1H3,(H,13,16)(H,14,15). The minimum Gasteiger partial charge on any atom is -0.481 e. The second-order valence-electron chi connectivity index (χ2n) is 5.20. The Bertz CT molecular complexity index is 439. The number of carbonyl (C=O) groups excluding carboxylic acids is 1. The van der Waals surface area contributed by atoms with E-state index in [1.807, 2.05) is 0 Å². The minimum atomic E-state index is -3.13. The third kappa shape index (κ3) is 6.74. The van der Waals surface area contributed by atoms with Gasteiger partial charge in [-0.2, -0.15) is 0 Å². The minimum absolute atomic E-state index is 0.156. The van der Waals surface area contributed by atoms with Crippen LogP contribution in [0, 0.1) is 11.8 Å². The number of ether oxygens (including phenoxy) is 1. The zero-order chi connectivity index (χ0) is 15.2. The van der Waals surface area contributed by atoms with E-state index >= 15 is 0 Å². The Kier molecular flexibility index (Phi) is 6.25. The van der Waals surface area contributed by atoms with Gasteiger partial charge in [0.1, 0.15) is 6.61 Å². The summed E-state index contributed by atoms with van der Waals surface area (Å²) in [6.45, 7) is 0.278. The SMILES string of the molecule is CS(=O)(=O)CCOC(=O)NCC1CCC(C(=O)O)CC1. The predicted octanol–water partition coefficient (Wildman–Crippen LogP) is 0.648. The van der Waals surface area contributed by atoms with E-state index < -0.39 is 21.9 Å². The highest BCUT2D eigenvalue weighted by atomic mass is 32.2. The summed E-state index contributed by atoms with van der Waals surface area (Å²) >= 11 is 0. The average molecular weight is 307 g/mol. The molecule has 1 saturated carbocycles. The Hall–Kier alpha value is -1.31. The third-order valence-corrected chi connectivity index (χ3v) is 4.33. The number of nitrogens with one attached hydrogen (secondary N) is 1. The summed E-state index contributed by atoms with van der Waals surface area (Å²) in [7, 11) is -3.13. The first kappa shape index (κ1) is 16.7. The van der Waals surface area contributed by atoms with Gasteiger partial charge in [0.25, 0.3) is 0 Å². The summed E-state index contributed by atoms with van der Waals surface area (Å²) in [4.78, 5) is 22.1. The molecule has 20 heavy (non-hydrogen) atoms. The summed E-state index contributed by atoms with van der Waals surface area (Å²) in [5.41, 5.74) is 0. The van der Waals surface area contributed by atoms with Crippen LogP contribution < -0.4 is 5.32 Å². The number of hydrogen-bond donors (Lipinski definition) is 2. The van der Waals surface area contributed by atoms with Gasteiger partial charge in [0.2, 0.25) is 0 Å². The Morgan fingerprint density at radius 2 is 1.85 bits per heavy atom. The number of hydrogen-bond acceptors (Lipinski definition) is 5. The van der Waals surface area contributed by atoms with Gasteiger partial charge in [-0.05, 0) is 31.6 Å². The van der Waals surface area contributed by atoms with Crippen molar-refractivity contribution in [3.8, 4) is 0 Å². The quantitative estimate of drug-likeness (QED) is 0.745. The summed E-state index contributed by atoms with van der Waals surface area (Å²) in [5.74, 6) is -0.956. The van der Waals surface area contributed by atoms with Gasteiger partial charge in [0.05, 0.1) is 11.7 Å². The second kappa shape index (κ2) is 7.47. The normalized spacial score (nSPS) is 23.1. The fraction of sp³-hybridized carbons (Fsp3) is 0.833. The van der Waals surface area contributed by atoms with Crippen molar-refractivity contribution in [3.05, 3.63) is 0 Å². The van der Waals surface area contributed by atoms with Gasteiger partial charge in [-0.15, -0.1) is 0 Å². The van der Waals surface area contributed by atoms with Crippen molar-refractivity contribution >= 4 is 21.9 Å². The zero-order valence-corrected chi connectivity index (χ0v) is 12.3. The molecule has 0 spiro atoms. The lowest BCUT2D eigenvalue weighted by Crippen LogP contribution is -2.33. The summed E-state index contributed by atoms with van der Waals surface area (Å²) < 4.78 is 26.4. The van der Waals surface area contributed by atoms with Crippen molar-refractivity contribution in [1.82, 2.24) is 5.32 Å². The monoisotopic (exact) mass is 307 g/mol. The van der Waals surface area contributed by atoms with Crippen molar-refractivity contribution < 1.29 is 27.9 Å². The number of carboxylic acids is 1. The molecule has 0 aromatic rings. The van der Waals surface area contributed by atoms with E-state index in [-0.39, 0.29) is 24.2 Å². The number of alkyl carbamates (subject to hydrolysis) is 1. The van der Waals surface area contributed by atoms with Crippen LogP contribution in [0.3, 0.4) is 0 Å². The Balaban J connectivity index is 2.15. The molecule has 8 heteroatoms. The smallest absolute Gasteiger partial charge is 0.407 e. The third-order valence-electron chi connectivity index (χ3n) is 3.42. The molecule has 0 bridgehead atoms. The molecule has 116 valence electrons. The van der Waals surface area contributed by atoms with E-state index in [1.165, 1.54) is 0 Å². The van der Waals surface area contributed by atoms with Gasteiger partial charge in [-0.3, -0.25) is 4.79 Å². The Morgan fingerprint density at radius 1 is 1.25 bits per heavy atom. The maximum absolute atomic E-state index is 11.3. The molecule has 0 heterocycles. The largest absolute Gasteiger partial charge is 0.481 e. The predicted molar refractivity (Wildman–Crippen MR) is 72.1 cm³/mol. The Morgan fingerprint density at radius 3 is 2.35 bits per heavy atom. The second-order valence-corrected chi connectivity index (χ2v) is 7.46. The van der Waals surface area contributed by atoms with Gasteiger partial charge in [0.15, 0.2) is 9.84 Å². The van der Waals surface area contributed by atoms with Gasteiger partial charge >= 0.3 is 12.1 Å². The molecule has 0 aromatic heterocycles. The van der Waals surface area contributed by atoms with Crippen LogP contribution >= 0.6 is 0 Å². The summed E-state index contributed by atoms with van der Waals surface area (Å²) in [6, 6.07) is 0. The number of rotatable bonds is 6. The Labute approximate surface area is 118 Å². The van der Waals surface area contributed by atoms with Crippen LogP contribution in [0.4, 0.5) is 4.79 Å². The van der Waals surface area contributed by atoms with Gasteiger partial charge in [-0.25, -0.2) is 13.2 Å². The van der Waals surface area contributed by atoms with Crippen LogP contribution in [-0.2, 0) is 19.4 Å². The van der Waals surface area contributed by atoms with Crippen LogP contribution in [0.15, 0.2) is 0 Å². The van der Waals surface area contributed by atoms with Crippen molar-refractivity contribution in [1.29, 1.82) is 0 Å². The number of amides is 1. The van der Waals surface area contributed by atoms with Crippen LogP contribution in [-0.4, -0.2) is 50.7 Å². The van der Waals surface area contributed by atoms with Gasteiger partial charge in [-0.1, -0.05) is 0 Å². The van der Waals surface area contributed by atoms with E-state index in [9.17, 15) is 18.0 Å². The number of aliphatic carboxylic acids is 1. The van der Waals surface area contributed by atoms with E-state index in [0.29, 0.717) is 19.4 Å². The number of carboxylic acid groups (broad SMARTS) is 1. The van der Waals surface area contributed by atoms with Crippen molar-refractivity contribution in [2.45, 2.75) is 25.7 Å². The molecule has 1 aliphatic rings. The van der Waals surface area contributed by atoms with Gasteiger partial charge in [0, 0.05) is 12.8 Å². The maximum atomic E-state index is 11.3. The van der Waals surface area contributed by atoms with Crippen molar-refractivity contribution in [2.24, 2.45) is 11.8 Å². The lowest BCUT2D eigenvalue weighted by Gasteiger charge is -2.25. The molecule has 2 N–H and O–H groups in total. The van der Waals surface area contributed by atoms with E-state index in [2.05, 4.69) is 5.32 Å². The van der Waals surface area contributed by atoms with Crippen LogP contribution in [0.2, 0.25) is 0 Å². The van der Waals surface area contributed by atoms with Crippen molar-refractivity contribution in [2.75, 3.05) is 25.2 Å². The van der Waals surface area contributed by atoms with Crippen LogP contribution in [0.25, 0.3) is 0 Å². The molecule has 7 nitrogen and oxygen atoms in total. The molecule has 0 atom stereocenters. The molecular formula is C12H21NO6S. The topological polar surface area (TPSA) is 110 Å². The molecule has 1 aliphatic carbocycles.